The highest BCUT2D eigenvalue weighted by Gasteiger charge is 2.20. The van der Waals surface area contributed by atoms with Crippen molar-refractivity contribution in [2.45, 2.75) is 6.54 Å². The van der Waals surface area contributed by atoms with E-state index in [-0.39, 0.29) is 34.9 Å². The molecule has 0 spiro atoms. The highest BCUT2D eigenvalue weighted by molar-refractivity contribution is 5.99. The Kier molecular flexibility index (Phi) is 6.68. The molecule has 0 radical (unpaired) electrons. The van der Waals surface area contributed by atoms with Gasteiger partial charge in [0.2, 0.25) is 0 Å². The van der Waals surface area contributed by atoms with Crippen molar-refractivity contribution in [3.05, 3.63) is 111 Å². The quantitative estimate of drug-likeness (QED) is 0.307. The lowest BCUT2D eigenvalue weighted by atomic mass is 10.1. The van der Waals surface area contributed by atoms with Crippen molar-refractivity contribution in [2.24, 2.45) is 0 Å². The Labute approximate surface area is 201 Å². The normalized spacial score (nSPS) is 10.6. The third-order valence-corrected chi connectivity index (χ3v) is 5.33. The first kappa shape index (κ1) is 23.4. The number of nitrogens with one attached hydrogen (secondary N) is 3. The van der Waals surface area contributed by atoms with Gasteiger partial charge in [0.1, 0.15) is 11.4 Å². The van der Waals surface area contributed by atoms with E-state index in [1.165, 1.54) is 21.7 Å². The van der Waals surface area contributed by atoms with E-state index in [9.17, 15) is 19.5 Å². The Morgan fingerprint density at radius 3 is 2.20 bits per heavy atom. The Hall–Kier alpha value is -4.79. The van der Waals surface area contributed by atoms with Crippen LogP contribution in [0.5, 0.6) is 5.75 Å². The van der Waals surface area contributed by atoms with Crippen LogP contribution in [-0.4, -0.2) is 39.8 Å². The number of aromatic amines is 1. The molecule has 4 aromatic rings. The molecule has 0 saturated carbocycles. The molecule has 9 heteroatoms. The predicted molar refractivity (Wildman–Crippen MR) is 136 cm³/mol. The number of H-pyrrole nitrogens is 1. The van der Waals surface area contributed by atoms with Gasteiger partial charge >= 0.3 is 0 Å². The Morgan fingerprint density at radius 2 is 1.54 bits per heavy atom. The Morgan fingerprint density at radius 1 is 0.886 bits per heavy atom. The molecule has 0 unspecified atom stereocenters. The fourth-order valence-corrected chi connectivity index (χ4v) is 3.56. The van der Waals surface area contributed by atoms with Gasteiger partial charge in [-0.25, -0.2) is 4.68 Å². The van der Waals surface area contributed by atoms with Crippen molar-refractivity contribution in [1.82, 2.24) is 14.7 Å². The van der Waals surface area contributed by atoms with Crippen LogP contribution >= 0.6 is 0 Å². The van der Waals surface area contributed by atoms with E-state index < -0.39 is 17.0 Å². The first-order chi connectivity index (χ1) is 16.8. The number of amides is 1. The molecular formula is C26H25N5O4. The third-order valence-electron chi connectivity index (χ3n) is 5.33. The van der Waals surface area contributed by atoms with Crippen molar-refractivity contribution in [2.75, 3.05) is 24.7 Å². The minimum atomic E-state index is -0.535. The molecule has 0 aliphatic rings. The summed E-state index contributed by atoms with van der Waals surface area (Å²) < 4.78 is 1.20. The van der Waals surface area contributed by atoms with E-state index in [4.69, 9.17) is 0 Å². The molecule has 35 heavy (non-hydrogen) atoms. The third kappa shape index (κ3) is 5.09. The van der Waals surface area contributed by atoms with Crippen molar-refractivity contribution in [3.63, 3.8) is 0 Å². The topological polar surface area (TPSA) is 119 Å². The zero-order valence-corrected chi connectivity index (χ0v) is 19.3. The number of nitrogens with zero attached hydrogens (tertiary/aromatic N) is 2. The molecule has 0 bridgehead atoms. The van der Waals surface area contributed by atoms with E-state index in [0.29, 0.717) is 5.69 Å². The molecular weight excluding hydrogens is 446 g/mol. The lowest BCUT2D eigenvalue weighted by molar-refractivity contribution is 0.0824. The van der Waals surface area contributed by atoms with Gasteiger partial charge in [0, 0.05) is 19.8 Å². The maximum Gasteiger partial charge on any atom is 0.291 e. The summed E-state index contributed by atoms with van der Waals surface area (Å²) in [6, 6.07) is 22.8. The van der Waals surface area contributed by atoms with Crippen LogP contribution in [0, 0.1) is 0 Å². The SMILES string of the molecule is CN(C)C(=O)c1cccc(Nc2c(Nc3ccccc3)c(=O)[nH]n(Cc3ccccc3)c2=O)c1O. The lowest BCUT2D eigenvalue weighted by Crippen LogP contribution is -2.33. The Balaban J connectivity index is 1.83. The van der Waals surface area contributed by atoms with Crippen molar-refractivity contribution in [3.8, 4) is 5.75 Å². The number of para-hydroxylation sites is 2. The Bertz CT molecular complexity index is 1460. The zero-order valence-electron chi connectivity index (χ0n) is 19.3. The number of hydrogen-bond acceptors (Lipinski definition) is 6. The standard InChI is InChI=1S/C26H25N5O4/c1-30(2)25(34)19-14-9-15-20(23(19)32)28-22-21(27-18-12-7-4-8-13-18)24(33)29-31(26(22)35)16-17-10-5-3-6-11-17/h3-15,27-28,32H,16H2,1-2H3,(H,29,33). The monoisotopic (exact) mass is 471 g/mol. The van der Waals surface area contributed by atoms with E-state index in [0.717, 1.165) is 5.56 Å². The summed E-state index contributed by atoms with van der Waals surface area (Å²) in [4.78, 5) is 40.4. The van der Waals surface area contributed by atoms with Crippen LogP contribution in [0.25, 0.3) is 0 Å². The van der Waals surface area contributed by atoms with Crippen molar-refractivity contribution < 1.29 is 9.90 Å². The van der Waals surface area contributed by atoms with Gasteiger partial charge in [-0.3, -0.25) is 19.5 Å². The van der Waals surface area contributed by atoms with E-state index in [2.05, 4.69) is 15.7 Å². The van der Waals surface area contributed by atoms with Gasteiger partial charge in [0.05, 0.1) is 17.8 Å². The summed E-state index contributed by atoms with van der Waals surface area (Å²) in [5.74, 6) is -0.729. The van der Waals surface area contributed by atoms with E-state index >= 15 is 0 Å². The average Bonchev–Trinajstić information content (AvgIpc) is 2.86. The number of phenols is 1. The molecule has 0 aliphatic heterocycles. The number of aromatic nitrogens is 2. The summed E-state index contributed by atoms with van der Waals surface area (Å²) in [6.45, 7) is 0.139. The first-order valence-corrected chi connectivity index (χ1v) is 10.9. The van der Waals surface area contributed by atoms with Crippen LogP contribution in [0.4, 0.5) is 22.7 Å². The van der Waals surface area contributed by atoms with Crippen molar-refractivity contribution in [1.29, 1.82) is 0 Å². The number of rotatable bonds is 7. The summed E-state index contributed by atoms with van der Waals surface area (Å²) >= 11 is 0. The highest BCUT2D eigenvalue weighted by atomic mass is 16.3. The minimum absolute atomic E-state index is 0.0192. The second-order valence-corrected chi connectivity index (χ2v) is 8.09. The second kappa shape index (κ2) is 10.0. The fourth-order valence-electron chi connectivity index (χ4n) is 3.56. The average molecular weight is 472 g/mol. The van der Waals surface area contributed by atoms with Gasteiger partial charge in [-0.15, -0.1) is 0 Å². The summed E-state index contributed by atoms with van der Waals surface area (Å²) in [5, 5.41) is 19.3. The number of aromatic hydroxyl groups is 1. The smallest absolute Gasteiger partial charge is 0.291 e. The molecule has 9 nitrogen and oxygen atoms in total. The van der Waals surface area contributed by atoms with Crippen LogP contribution in [0.3, 0.4) is 0 Å². The molecule has 1 heterocycles. The molecule has 178 valence electrons. The summed E-state index contributed by atoms with van der Waals surface area (Å²) in [7, 11) is 3.14. The molecule has 0 fully saturated rings. The van der Waals surface area contributed by atoms with Crippen LogP contribution < -0.4 is 21.8 Å². The molecule has 3 aromatic carbocycles. The molecule has 0 saturated heterocycles. The van der Waals surface area contributed by atoms with Gasteiger partial charge in [-0.05, 0) is 29.8 Å². The molecule has 4 N–H and O–H groups in total. The van der Waals surface area contributed by atoms with Crippen LogP contribution in [0.15, 0.2) is 88.5 Å². The van der Waals surface area contributed by atoms with Gasteiger partial charge in [-0.2, -0.15) is 0 Å². The molecule has 1 aromatic heterocycles. The maximum atomic E-state index is 13.5. The number of carbonyl (C=O) groups excluding carboxylic acids is 1. The van der Waals surface area contributed by atoms with Gasteiger partial charge in [-0.1, -0.05) is 54.6 Å². The molecule has 4 rings (SSSR count). The number of carbonyl (C=O) groups is 1. The summed E-state index contributed by atoms with van der Waals surface area (Å²) in [5.41, 5.74) is 0.452. The lowest BCUT2D eigenvalue weighted by Gasteiger charge is -2.17. The van der Waals surface area contributed by atoms with Crippen LogP contribution in [-0.2, 0) is 6.54 Å². The molecule has 0 atom stereocenters. The molecule has 0 aliphatic carbocycles. The van der Waals surface area contributed by atoms with E-state index in [1.54, 1.807) is 44.4 Å². The zero-order chi connectivity index (χ0) is 24.9. The van der Waals surface area contributed by atoms with Gasteiger partial charge in [0.25, 0.3) is 17.0 Å². The second-order valence-electron chi connectivity index (χ2n) is 8.09. The summed E-state index contributed by atoms with van der Waals surface area (Å²) in [6.07, 6.45) is 0. The molecule has 1 amide bonds. The highest BCUT2D eigenvalue weighted by Crippen LogP contribution is 2.32. The number of benzene rings is 3. The number of hydrogen-bond donors (Lipinski definition) is 4. The van der Waals surface area contributed by atoms with Crippen LogP contribution in [0.2, 0.25) is 0 Å². The minimum Gasteiger partial charge on any atom is -0.505 e. The predicted octanol–water partition coefficient (Wildman–Crippen LogP) is 3.48. The van der Waals surface area contributed by atoms with Crippen molar-refractivity contribution >= 4 is 28.7 Å². The number of phenolic OH excluding ortho intramolecular Hbond substituents is 1. The maximum absolute atomic E-state index is 13.5. The largest absolute Gasteiger partial charge is 0.505 e. The van der Waals surface area contributed by atoms with E-state index in [1.807, 2.05) is 36.4 Å². The number of anilines is 4. The van der Waals surface area contributed by atoms with Gasteiger partial charge in [0.15, 0.2) is 5.75 Å². The first-order valence-electron chi connectivity index (χ1n) is 10.9. The fraction of sp³-hybridized carbons (Fsp3) is 0.115. The van der Waals surface area contributed by atoms with Gasteiger partial charge < -0.3 is 20.6 Å². The van der Waals surface area contributed by atoms with Crippen LogP contribution in [0.1, 0.15) is 15.9 Å².